The maximum atomic E-state index is 11.8. The number of sulfonamides is 1. The molecule has 1 aromatic rings. The minimum Gasteiger partial charge on any atom is -0.454 e. The third kappa shape index (κ3) is 2.97. The summed E-state index contributed by atoms with van der Waals surface area (Å²) in [5.74, 6) is 1.25. The van der Waals surface area contributed by atoms with E-state index < -0.39 is 15.3 Å². The Bertz CT molecular complexity index is 607. The number of hydrogen-bond donors (Lipinski definition) is 1. The van der Waals surface area contributed by atoms with Crippen molar-refractivity contribution in [3.63, 3.8) is 0 Å². The fraction of sp³-hybridized carbons (Fsp3) is 0.417. The van der Waals surface area contributed by atoms with Crippen LogP contribution >= 0.6 is 0 Å². The zero-order valence-corrected chi connectivity index (χ0v) is 11.2. The molecule has 6 nitrogen and oxygen atoms in total. The molecule has 0 aromatic heterocycles. The molecule has 1 aliphatic heterocycles. The first kappa shape index (κ1) is 13.6. The average molecular weight is 282 g/mol. The van der Waals surface area contributed by atoms with Gasteiger partial charge in [-0.05, 0) is 24.1 Å². The first-order valence-corrected chi connectivity index (χ1v) is 7.38. The maximum Gasteiger partial charge on any atom is 0.231 e. The topological polar surface area (TPSA) is 88.4 Å². The van der Waals surface area contributed by atoms with Gasteiger partial charge in [0.25, 0.3) is 0 Å². The zero-order valence-electron chi connectivity index (χ0n) is 10.4. The fourth-order valence-corrected chi connectivity index (χ4v) is 2.86. The number of rotatable bonds is 5. The SMILES string of the molecule is CCC(C#N)S(=O)(=O)NCc1ccc2c(c1)OCO2. The van der Waals surface area contributed by atoms with Crippen molar-refractivity contribution >= 4 is 10.0 Å². The molecule has 1 aliphatic rings. The quantitative estimate of drug-likeness (QED) is 0.874. The van der Waals surface area contributed by atoms with E-state index in [1.165, 1.54) is 0 Å². The summed E-state index contributed by atoms with van der Waals surface area (Å²) in [7, 11) is -3.62. The number of benzene rings is 1. The van der Waals surface area contributed by atoms with Crippen LogP contribution in [0.15, 0.2) is 18.2 Å². The molecule has 0 amide bonds. The molecule has 1 unspecified atom stereocenters. The van der Waals surface area contributed by atoms with Crippen LogP contribution in [0.1, 0.15) is 18.9 Å². The monoisotopic (exact) mass is 282 g/mol. The van der Waals surface area contributed by atoms with Gasteiger partial charge >= 0.3 is 0 Å². The second-order valence-electron chi connectivity index (χ2n) is 4.08. The summed E-state index contributed by atoms with van der Waals surface area (Å²) in [6.45, 7) is 1.96. The Labute approximate surface area is 112 Å². The Morgan fingerprint density at radius 3 is 2.84 bits per heavy atom. The van der Waals surface area contributed by atoms with Gasteiger partial charge in [0.1, 0.15) is 0 Å². The van der Waals surface area contributed by atoms with Crippen LogP contribution in [0.3, 0.4) is 0 Å². The van der Waals surface area contributed by atoms with Crippen LogP contribution in [0.4, 0.5) is 0 Å². The molecule has 1 N–H and O–H groups in total. The highest BCUT2D eigenvalue weighted by molar-refractivity contribution is 7.90. The summed E-state index contributed by atoms with van der Waals surface area (Å²) in [5, 5.41) is 7.75. The third-order valence-electron chi connectivity index (χ3n) is 2.80. The third-order valence-corrected chi connectivity index (χ3v) is 4.54. The van der Waals surface area contributed by atoms with Crippen molar-refractivity contribution in [1.29, 1.82) is 5.26 Å². The van der Waals surface area contributed by atoms with Crippen LogP contribution < -0.4 is 14.2 Å². The number of nitrogens with zero attached hydrogens (tertiary/aromatic N) is 1. The van der Waals surface area contributed by atoms with E-state index in [1.807, 2.05) is 0 Å². The van der Waals surface area contributed by atoms with E-state index in [-0.39, 0.29) is 19.8 Å². The summed E-state index contributed by atoms with van der Waals surface area (Å²) in [4.78, 5) is 0. The second-order valence-corrected chi connectivity index (χ2v) is 6.03. The Balaban J connectivity index is 2.05. The normalized spacial score (nSPS) is 14.9. The molecule has 0 aliphatic carbocycles. The number of nitrogens with one attached hydrogen (secondary N) is 1. The van der Waals surface area contributed by atoms with Gasteiger partial charge in [-0.15, -0.1) is 0 Å². The molecule has 1 heterocycles. The molecular formula is C12H14N2O4S. The number of hydrogen-bond acceptors (Lipinski definition) is 5. The van der Waals surface area contributed by atoms with E-state index in [0.29, 0.717) is 11.5 Å². The highest BCUT2D eigenvalue weighted by Crippen LogP contribution is 2.32. The Hall–Kier alpha value is -1.78. The standard InChI is InChI=1S/C12H14N2O4S/c1-2-10(6-13)19(15,16)14-7-9-3-4-11-12(5-9)18-8-17-11/h3-5,10,14H,2,7-8H2,1H3. The summed E-state index contributed by atoms with van der Waals surface area (Å²) in [5.41, 5.74) is 0.751. The molecule has 0 bridgehead atoms. The molecule has 19 heavy (non-hydrogen) atoms. The zero-order chi connectivity index (χ0) is 13.9. The predicted octanol–water partition coefficient (Wildman–Crippen LogP) is 1.14. The van der Waals surface area contributed by atoms with E-state index in [9.17, 15) is 8.42 Å². The van der Waals surface area contributed by atoms with Gasteiger partial charge < -0.3 is 9.47 Å². The largest absolute Gasteiger partial charge is 0.454 e. The van der Waals surface area contributed by atoms with Gasteiger partial charge in [-0.3, -0.25) is 0 Å². The van der Waals surface area contributed by atoms with Crippen LogP contribution in [0.5, 0.6) is 11.5 Å². The molecule has 7 heteroatoms. The maximum absolute atomic E-state index is 11.8. The fourth-order valence-electron chi connectivity index (χ4n) is 1.72. The van der Waals surface area contributed by atoms with E-state index in [2.05, 4.69) is 4.72 Å². The van der Waals surface area contributed by atoms with Crippen molar-refractivity contribution in [2.24, 2.45) is 0 Å². The predicted molar refractivity (Wildman–Crippen MR) is 68.0 cm³/mol. The summed E-state index contributed by atoms with van der Waals surface area (Å²) in [6.07, 6.45) is 0.257. The molecule has 0 fully saturated rings. The smallest absolute Gasteiger partial charge is 0.231 e. The lowest BCUT2D eigenvalue weighted by Crippen LogP contribution is -2.32. The van der Waals surface area contributed by atoms with Crippen molar-refractivity contribution in [3.8, 4) is 17.6 Å². The summed E-state index contributed by atoms with van der Waals surface area (Å²) in [6, 6.07) is 6.98. The minimum atomic E-state index is -3.62. The summed E-state index contributed by atoms with van der Waals surface area (Å²) < 4.78 is 36.4. The van der Waals surface area contributed by atoms with Gasteiger partial charge in [-0.25, -0.2) is 13.1 Å². The first-order valence-electron chi connectivity index (χ1n) is 5.83. The Kier molecular flexibility index (Phi) is 3.93. The molecule has 0 spiro atoms. The van der Waals surface area contributed by atoms with Crippen molar-refractivity contribution in [2.45, 2.75) is 25.1 Å². The molecule has 102 valence electrons. The van der Waals surface area contributed by atoms with Gasteiger partial charge in [0.2, 0.25) is 16.8 Å². The second kappa shape index (κ2) is 5.47. The van der Waals surface area contributed by atoms with Gasteiger partial charge in [0, 0.05) is 6.54 Å². The van der Waals surface area contributed by atoms with Crippen LogP contribution in [-0.4, -0.2) is 20.5 Å². The van der Waals surface area contributed by atoms with Crippen molar-refractivity contribution in [1.82, 2.24) is 4.72 Å². The lowest BCUT2D eigenvalue weighted by Gasteiger charge is -2.10. The van der Waals surface area contributed by atoms with Gasteiger partial charge in [-0.2, -0.15) is 5.26 Å². The number of fused-ring (bicyclic) bond motifs is 1. The molecule has 2 rings (SSSR count). The van der Waals surface area contributed by atoms with E-state index in [0.717, 1.165) is 5.56 Å². The molecular weight excluding hydrogens is 268 g/mol. The van der Waals surface area contributed by atoms with Crippen LogP contribution in [0.25, 0.3) is 0 Å². The Morgan fingerprint density at radius 1 is 1.42 bits per heavy atom. The van der Waals surface area contributed by atoms with Gasteiger partial charge in [-0.1, -0.05) is 13.0 Å². The van der Waals surface area contributed by atoms with E-state index in [4.69, 9.17) is 14.7 Å². The molecule has 0 saturated heterocycles. The van der Waals surface area contributed by atoms with Gasteiger partial charge in [0.15, 0.2) is 16.7 Å². The van der Waals surface area contributed by atoms with Gasteiger partial charge in [0.05, 0.1) is 6.07 Å². The minimum absolute atomic E-state index is 0.122. The van der Waals surface area contributed by atoms with Crippen LogP contribution in [0, 0.1) is 11.3 Å². The molecule has 1 atom stereocenters. The van der Waals surface area contributed by atoms with E-state index >= 15 is 0 Å². The van der Waals surface area contributed by atoms with Crippen LogP contribution in [-0.2, 0) is 16.6 Å². The lowest BCUT2D eigenvalue weighted by molar-refractivity contribution is 0.174. The lowest BCUT2D eigenvalue weighted by atomic mass is 10.2. The highest BCUT2D eigenvalue weighted by Gasteiger charge is 2.23. The number of nitriles is 1. The molecule has 0 radical (unpaired) electrons. The first-order chi connectivity index (χ1) is 9.06. The van der Waals surface area contributed by atoms with E-state index in [1.54, 1.807) is 31.2 Å². The number of ether oxygens (including phenoxy) is 2. The molecule has 1 aromatic carbocycles. The van der Waals surface area contributed by atoms with Crippen molar-refractivity contribution in [2.75, 3.05) is 6.79 Å². The Morgan fingerprint density at radius 2 is 2.16 bits per heavy atom. The average Bonchev–Trinajstić information content (AvgIpc) is 2.85. The summed E-state index contributed by atoms with van der Waals surface area (Å²) >= 11 is 0. The van der Waals surface area contributed by atoms with Crippen LogP contribution in [0.2, 0.25) is 0 Å². The highest BCUT2D eigenvalue weighted by atomic mass is 32.2. The molecule has 0 saturated carbocycles. The van der Waals surface area contributed by atoms with Crippen molar-refractivity contribution in [3.05, 3.63) is 23.8 Å². The van der Waals surface area contributed by atoms with Crippen molar-refractivity contribution < 1.29 is 17.9 Å².